The number of nitrogens with zero attached hydrogens (tertiary/aromatic N) is 3. The zero-order valence-corrected chi connectivity index (χ0v) is 16.0. The van der Waals surface area contributed by atoms with Gasteiger partial charge in [-0.15, -0.1) is 0 Å². The largest absolute Gasteiger partial charge is 0.353 e. The van der Waals surface area contributed by atoms with Crippen molar-refractivity contribution in [3.05, 3.63) is 36.5 Å². The third-order valence-corrected chi connectivity index (χ3v) is 6.35. The molecule has 1 saturated carbocycles. The zero-order valence-electron chi connectivity index (χ0n) is 15.2. The highest BCUT2D eigenvalue weighted by Gasteiger charge is 2.32. The Bertz CT molecular complexity index is 748. The summed E-state index contributed by atoms with van der Waals surface area (Å²) in [5, 5.41) is 4.08. The van der Waals surface area contributed by atoms with Crippen molar-refractivity contribution in [3.63, 3.8) is 0 Å². The summed E-state index contributed by atoms with van der Waals surface area (Å²) in [7, 11) is 2.00. The molecule has 1 amide bonds. The summed E-state index contributed by atoms with van der Waals surface area (Å²) in [6.07, 6.45) is 6.76. The lowest BCUT2D eigenvalue weighted by molar-refractivity contribution is -0.119. The maximum atomic E-state index is 12.3. The highest BCUT2D eigenvalue weighted by Crippen LogP contribution is 2.29. The fourth-order valence-corrected chi connectivity index (χ4v) is 4.41. The van der Waals surface area contributed by atoms with Crippen LogP contribution in [0.1, 0.15) is 25.7 Å². The van der Waals surface area contributed by atoms with Gasteiger partial charge in [-0.3, -0.25) is 4.79 Å². The molecule has 0 bridgehead atoms. The predicted molar refractivity (Wildman–Crippen MR) is 105 cm³/mol. The lowest BCUT2D eigenvalue weighted by atomic mass is 10.1. The summed E-state index contributed by atoms with van der Waals surface area (Å²) in [5.41, 5.74) is 2.21. The van der Waals surface area contributed by atoms with E-state index in [2.05, 4.69) is 31.9 Å². The van der Waals surface area contributed by atoms with E-state index >= 15 is 0 Å². The van der Waals surface area contributed by atoms with Gasteiger partial charge in [0.05, 0.1) is 17.6 Å². The number of piperidine rings is 1. The highest BCUT2D eigenvalue weighted by molar-refractivity contribution is 7.99. The Morgan fingerprint density at radius 2 is 1.92 bits per heavy atom. The molecule has 26 heavy (non-hydrogen) atoms. The average molecular weight is 371 g/mol. The van der Waals surface area contributed by atoms with E-state index in [4.69, 9.17) is 0 Å². The summed E-state index contributed by atoms with van der Waals surface area (Å²) in [6.45, 7) is 2.26. The van der Waals surface area contributed by atoms with Gasteiger partial charge in [-0.25, -0.2) is 4.98 Å². The first-order valence-electron chi connectivity index (χ1n) is 9.44. The van der Waals surface area contributed by atoms with Gasteiger partial charge in [0.25, 0.3) is 0 Å². The van der Waals surface area contributed by atoms with Crippen LogP contribution in [0.2, 0.25) is 0 Å². The molecule has 0 radical (unpaired) electrons. The number of rotatable bonds is 6. The third-order valence-electron chi connectivity index (χ3n) is 5.31. The fraction of sp³-hybridized carbons (Fsp3) is 0.500. The number of likely N-dealkylation sites (tertiary alicyclic amines) is 1. The number of carbonyl (C=O) groups is 1. The van der Waals surface area contributed by atoms with Gasteiger partial charge in [0.1, 0.15) is 0 Å². The first-order valence-corrected chi connectivity index (χ1v) is 10.4. The van der Waals surface area contributed by atoms with Crippen LogP contribution in [0.5, 0.6) is 0 Å². The maximum Gasteiger partial charge on any atom is 0.230 e. The molecular formula is C20H26N4OS. The molecule has 2 aliphatic rings. The SMILES string of the molecule is Cn1c(-c2ccccc2)cnc1SCC(=O)NC1CCN(C2CC2)CC1. The molecule has 1 aliphatic carbocycles. The number of thioether (sulfide) groups is 1. The van der Waals surface area contributed by atoms with Crippen molar-refractivity contribution in [2.75, 3.05) is 18.8 Å². The molecule has 1 aliphatic heterocycles. The van der Waals surface area contributed by atoms with Crippen LogP contribution in [-0.4, -0.2) is 51.3 Å². The van der Waals surface area contributed by atoms with Gasteiger partial charge in [0, 0.05) is 32.2 Å². The summed E-state index contributed by atoms with van der Waals surface area (Å²) in [5.74, 6) is 0.534. The minimum Gasteiger partial charge on any atom is -0.353 e. The molecule has 2 aromatic rings. The molecule has 2 heterocycles. The van der Waals surface area contributed by atoms with Gasteiger partial charge in [0.2, 0.25) is 5.91 Å². The summed E-state index contributed by atoms with van der Waals surface area (Å²) in [6, 6.07) is 11.4. The van der Waals surface area contributed by atoms with Crippen molar-refractivity contribution in [1.82, 2.24) is 19.8 Å². The summed E-state index contributed by atoms with van der Waals surface area (Å²) in [4.78, 5) is 19.4. The van der Waals surface area contributed by atoms with Crippen LogP contribution in [0.15, 0.2) is 41.7 Å². The number of hydrogen-bond donors (Lipinski definition) is 1. The Balaban J connectivity index is 1.26. The van der Waals surface area contributed by atoms with Crippen LogP contribution in [0.3, 0.4) is 0 Å². The summed E-state index contributed by atoms with van der Waals surface area (Å²) >= 11 is 1.50. The number of carbonyl (C=O) groups excluding carboxylic acids is 1. The number of nitrogens with one attached hydrogen (secondary N) is 1. The molecule has 0 atom stereocenters. The first-order chi connectivity index (χ1) is 12.7. The molecular weight excluding hydrogens is 344 g/mol. The number of imidazole rings is 1. The molecule has 1 N–H and O–H groups in total. The van der Waals surface area contributed by atoms with Gasteiger partial charge in [0.15, 0.2) is 5.16 Å². The molecule has 2 fully saturated rings. The molecule has 1 aromatic heterocycles. The predicted octanol–water partition coefficient (Wildman–Crippen LogP) is 2.92. The van der Waals surface area contributed by atoms with E-state index in [9.17, 15) is 4.79 Å². The molecule has 1 aromatic carbocycles. The fourth-order valence-electron chi connectivity index (χ4n) is 3.65. The van der Waals surface area contributed by atoms with Crippen molar-refractivity contribution >= 4 is 17.7 Å². The molecule has 1 saturated heterocycles. The molecule has 0 unspecified atom stereocenters. The van der Waals surface area contributed by atoms with Crippen molar-refractivity contribution in [3.8, 4) is 11.3 Å². The molecule has 138 valence electrons. The quantitative estimate of drug-likeness (QED) is 0.795. The van der Waals surface area contributed by atoms with Crippen molar-refractivity contribution in [1.29, 1.82) is 0 Å². The van der Waals surface area contributed by atoms with E-state index in [1.54, 1.807) is 0 Å². The van der Waals surface area contributed by atoms with E-state index in [1.807, 2.05) is 31.4 Å². The number of amides is 1. The Labute approximate surface area is 159 Å². The lowest BCUT2D eigenvalue weighted by Crippen LogP contribution is -2.45. The average Bonchev–Trinajstić information content (AvgIpc) is 3.45. The number of hydrogen-bond acceptors (Lipinski definition) is 4. The third kappa shape index (κ3) is 4.13. The molecule has 0 spiro atoms. The Kier molecular flexibility index (Phi) is 5.31. The van der Waals surface area contributed by atoms with Crippen LogP contribution in [-0.2, 0) is 11.8 Å². The van der Waals surface area contributed by atoms with Crippen LogP contribution < -0.4 is 5.32 Å². The number of benzene rings is 1. The normalized spacial score (nSPS) is 18.8. The van der Waals surface area contributed by atoms with Crippen LogP contribution in [0, 0.1) is 0 Å². The highest BCUT2D eigenvalue weighted by atomic mass is 32.2. The van der Waals surface area contributed by atoms with E-state index in [-0.39, 0.29) is 5.91 Å². The minimum absolute atomic E-state index is 0.115. The van der Waals surface area contributed by atoms with Gasteiger partial charge < -0.3 is 14.8 Å². The van der Waals surface area contributed by atoms with E-state index in [0.29, 0.717) is 11.8 Å². The standard InChI is InChI=1S/C20H26N4OS/c1-23-18(15-5-3-2-4-6-15)13-21-20(23)26-14-19(25)22-16-9-11-24(12-10-16)17-7-8-17/h2-6,13,16-17H,7-12,14H2,1H3,(H,22,25). The van der Waals surface area contributed by atoms with Gasteiger partial charge in [-0.05, 0) is 31.2 Å². The van der Waals surface area contributed by atoms with E-state index in [1.165, 1.54) is 24.6 Å². The summed E-state index contributed by atoms with van der Waals surface area (Å²) < 4.78 is 2.06. The minimum atomic E-state index is 0.115. The van der Waals surface area contributed by atoms with Gasteiger partial charge >= 0.3 is 0 Å². The second-order valence-electron chi connectivity index (χ2n) is 7.25. The van der Waals surface area contributed by atoms with Crippen molar-refractivity contribution in [2.24, 2.45) is 7.05 Å². The van der Waals surface area contributed by atoms with Crippen LogP contribution in [0.4, 0.5) is 0 Å². The van der Waals surface area contributed by atoms with Crippen LogP contribution in [0.25, 0.3) is 11.3 Å². The monoisotopic (exact) mass is 370 g/mol. The number of aromatic nitrogens is 2. The maximum absolute atomic E-state index is 12.3. The molecule has 5 nitrogen and oxygen atoms in total. The lowest BCUT2D eigenvalue weighted by Gasteiger charge is -2.32. The second kappa shape index (κ2) is 7.84. The molecule has 6 heteroatoms. The van der Waals surface area contributed by atoms with E-state index in [0.717, 1.165) is 48.4 Å². The smallest absolute Gasteiger partial charge is 0.230 e. The van der Waals surface area contributed by atoms with Crippen molar-refractivity contribution in [2.45, 2.75) is 42.9 Å². The second-order valence-corrected chi connectivity index (χ2v) is 8.19. The zero-order chi connectivity index (χ0) is 17.9. The Hall–Kier alpha value is -1.79. The van der Waals surface area contributed by atoms with Crippen LogP contribution >= 0.6 is 11.8 Å². The Morgan fingerprint density at radius 3 is 2.62 bits per heavy atom. The van der Waals surface area contributed by atoms with Crippen molar-refractivity contribution < 1.29 is 4.79 Å². The van der Waals surface area contributed by atoms with Gasteiger partial charge in [-0.1, -0.05) is 42.1 Å². The van der Waals surface area contributed by atoms with E-state index < -0.39 is 0 Å². The topological polar surface area (TPSA) is 50.2 Å². The first kappa shape index (κ1) is 17.6. The Morgan fingerprint density at radius 1 is 1.19 bits per heavy atom. The molecule has 4 rings (SSSR count). The van der Waals surface area contributed by atoms with Gasteiger partial charge in [-0.2, -0.15) is 0 Å².